The molecule has 0 aromatic carbocycles. The molecule has 0 unspecified atom stereocenters. The maximum absolute atomic E-state index is 5.65. The van der Waals surface area contributed by atoms with Crippen molar-refractivity contribution < 1.29 is 0 Å². The molecule has 5 nitrogen and oxygen atoms in total. The molecule has 3 rings (SSSR count). The molecule has 1 aliphatic carbocycles. The highest BCUT2D eigenvalue weighted by Crippen LogP contribution is 2.35. The number of nitrogens with two attached hydrogens (primary N) is 1. The molecule has 0 aliphatic heterocycles. The van der Waals surface area contributed by atoms with Gasteiger partial charge in [-0.1, -0.05) is 12.8 Å². The molecule has 1 aliphatic rings. The molecule has 0 atom stereocenters. The van der Waals surface area contributed by atoms with Crippen LogP contribution < -0.4 is 5.73 Å². The SMILES string of the molecule is Cc1nc(CN)sc1-c1nncn1C1CCCC1. The molecule has 96 valence electrons. The van der Waals surface area contributed by atoms with Gasteiger partial charge in [0.15, 0.2) is 5.82 Å². The zero-order valence-corrected chi connectivity index (χ0v) is 11.3. The molecule has 2 aromatic rings. The van der Waals surface area contributed by atoms with Gasteiger partial charge in [-0.15, -0.1) is 21.5 Å². The van der Waals surface area contributed by atoms with E-state index < -0.39 is 0 Å². The van der Waals surface area contributed by atoms with Gasteiger partial charge in [-0.25, -0.2) is 4.98 Å². The van der Waals surface area contributed by atoms with Gasteiger partial charge in [0.05, 0.1) is 10.6 Å². The monoisotopic (exact) mass is 263 g/mol. The molecule has 18 heavy (non-hydrogen) atoms. The second kappa shape index (κ2) is 4.78. The van der Waals surface area contributed by atoms with Crippen molar-refractivity contribution in [3.05, 3.63) is 17.0 Å². The van der Waals surface area contributed by atoms with E-state index in [9.17, 15) is 0 Å². The maximum atomic E-state index is 5.65. The Balaban J connectivity index is 2.00. The van der Waals surface area contributed by atoms with Gasteiger partial charge in [0.25, 0.3) is 0 Å². The second-order valence-corrected chi connectivity index (χ2v) is 5.81. The molecule has 0 bridgehead atoms. The van der Waals surface area contributed by atoms with Crippen LogP contribution in [0, 0.1) is 6.92 Å². The summed E-state index contributed by atoms with van der Waals surface area (Å²) in [6, 6.07) is 0.554. The van der Waals surface area contributed by atoms with E-state index in [1.807, 2.05) is 13.3 Å². The number of hydrogen-bond acceptors (Lipinski definition) is 5. The van der Waals surface area contributed by atoms with Crippen molar-refractivity contribution in [2.24, 2.45) is 5.73 Å². The van der Waals surface area contributed by atoms with Gasteiger partial charge < -0.3 is 10.3 Å². The Bertz CT molecular complexity index is 538. The Kier molecular flexibility index (Phi) is 3.13. The standard InChI is InChI=1S/C12H17N5S/c1-8-11(18-10(6-13)15-8)12-16-14-7-17(12)9-4-2-3-5-9/h7,9H,2-6,13H2,1H3. The van der Waals surface area contributed by atoms with E-state index in [1.54, 1.807) is 11.3 Å². The molecule has 2 aromatic heterocycles. The fraction of sp³-hybridized carbons (Fsp3) is 0.583. The van der Waals surface area contributed by atoms with Crippen molar-refractivity contribution in [1.29, 1.82) is 0 Å². The van der Waals surface area contributed by atoms with Gasteiger partial charge in [0.2, 0.25) is 0 Å². The quantitative estimate of drug-likeness (QED) is 0.922. The molecule has 0 saturated heterocycles. The van der Waals surface area contributed by atoms with Crippen molar-refractivity contribution in [2.75, 3.05) is 0 Å². The summed E-state index contributed by atoms with van der Waals surface area (Å²) in [6.07, 6.45) is 6.92. The van der Waals surface area contributed by atoms with Crippen LogP contribution in [-0.4, -0.2) is 19.7 Å². The first-order valence-corrected chi connectivity index (χ1v) is 7.17. The summed E-state index contributed by atoms with van der Waals surface area (Å²) in [7, 11) is 0. The lowest BCUT2D eigenvalue weighted by Gasteiger charge is -2.12. The predicted molar refractivity (Wildman–Crippen MR) is 71.3 cm³/mol. The predicted octanol–water partition coefficient (Wildman–Crippen LogP) is 2.28. The Hall–Kier alpha value is -1.27. The lowest BCUT2D eigenvalue weighted by molar-refractivity contribution is 0.522. The molecule has 6 heteroatoms. The van der Waals surface area contributed by atoms with E-state index >= 15 is 0 Å². The van der Waals surface area contributed by atoms with Crippen LogP contribution in [0.3, 0.4) is 0 Å². The molecular formula is C12H17N5S. The van der Waals surface area contributed by atoms with Crippen LogP contribution in [0.25, 0.3) is 10.7 Å². The number of rotatable bonds is 3. The summed E-state index contributed by atoms with van der Waals surface area (Å²) in [4.78, 5) is 5.58. The first-order valence-electron chi connectivity index (χ1n) is 6.36. The van der Waals surface area contributed by atoms with Gasteiger partial charge in [0.1, 0.15) is 11.3 Å². The lowest BCUT2D eigenvalue weighted by Crippen LogP contribution is -2.05. The molecule has 0 radical (unpaired) electrons. The highest BCUT2D eigenvalue weighted by molar-refractivity contribution is 7.15. The first-order chi connectivity index (χ1) is 8.79. The summed E-state index contributed by atoms with van der Waals surface area (Å²) < 4.78 is 2.22. The van der Waals surface area contributed by atoms with Crippen LogP contribution in [0.5, 0.6) is 0 Å². The van der Waals surface area contributed by atoms with E-state index in [1.165, 1.54) is 25.7 Å². The minimum absolute atomic E-state index is 0.489. The Morgan fingerprint density at radius 3 is 2.89 bits per heavy atom. The number of nitrogens with zero attached hydrogens (tertiary/aromatic N) is 4. The highest BCUT2D eigenvalue weighted by Gasteiger charge is 2.22. The van der Waals surface area contributed by atoms with E-state index in [0.717, 1.165) is 21.4 Å². The Morgan fingerprint density at radius 1 is 1.44 bits per heavy atom. The summed E-state index contributed by atoms with van der Waals surface area (Å²) in [6.45, 7) is 2.50. The van der Waals surface area contributed by atoms with Crippen LogP contribution in [0.15, 0.2) is 6.33 Å². The van der Waals surface area contributed by atoms with Crippen molar-refractivity contribution in [1.82, 2.24) is 19.7 Å². The largest absolute Gasteiger partial charge is 0.325 e. The lowest BCUT2D eigenvalue weighted by atomic mass is 10.2. The third-order valence-corrected chi connectivity index (χ3v) is 4.69. The minimum Gasteiger partial charge on any atom is -0.325 e. The molecule has 2 heterocycles. The fourth-order valence-electron chi connectivity index (χ4n) is 2.60. The molecule has 1 fully saturated rings. The van der Waals surface area contributed by atoms with Gasteiger partial charge >= 0.3 is 0 Å². The maximum Gasteiger partial charge on any atom is 0.176 e. The topological polar surface area (TPSA) is 69.6 Å². The fourth-order valence-corrected chi connectivity index (χ4v) is 3.53. The normalized spacial score (nSPS) is 16.6. The van der Waals surface area contributed by atoms with Gasteiger partial charge in [-0.3, -0.25) is 0 Å². The number of aromatic nitrogens is 4. The zero-order valence-electron chi connectivity index (χ0n) is 10.5. The average Bonchev–Trinajstić information content (AvgIpc) is 3.07. The second-order valence-electron chi connectivity index (χ2n) is 4.73. The highest BCUT2D eigenvalue weighted by atomic mass is 32.1. The van der Waals surface area contributed by atoms with E-state index in [4.69, 9.17) is 5.73 Å². The average molecular weight is 263 g/mol. The minimum atomic E-state index is 0.489. The number of hydrogen-bond donors (Lipinski definition) is 1. The van der Waals surface area contributed by atoms with Crippen molar-refractivity contribution >= 4 is 11.3 Å². The molecule has 0 amide bonds. The summed E-state index contributed by atoms with van der Waals surface area (Å²) in [5.41, 5.74) is 6.66. The van der Waals surface area contributed by atoms with Crippen molar-refractivity contribution in [2.45, 2.75) is 45.2 Å². The van der Waals surface area contributed by atoms with E-state index in [2.05, 4.69) is 19.7 Å². The summed E-state index contributed by atoms with van der Waals surface area (Å²) in [5.74, 6) is 0.955. The van der Waals surface area contributed by atoms with E-state index in [-0.39, 0.29) is 0 Å². The van der Waals surface area contributed by atoms with Crippen LogP contribution in [0.2, 0.25) is 0 Å². The van der Waals surface area contributed by atoms with Gasteiger partial charge in [-0.2, -0.15) is 0 Å². The molecule has 0 spiro atoms. The van der Waals surface area contributed by atoms with Crippen LogP contribution in [0.1, 0.15) is 42.4 Å². The van der Waals surface area contributed by atoms with Crippen LogP contribution in [0.4, 0.5) is 0 Å². The smallest absolute Gasteiger partial charge is 0.176 e. The van der Waals surface area contributed by atoms with Gasteiger partial charge in [-0.05, 0) is 19.8 Å². The third kappa shape index (κ3) is 1.95. The molecule has 2 N–H and O–H groups in total. The summed E-state index contributed by atoms with van der Waals surface area (Å²) in [5, 5.41) is 9.32. The Morgan fingerprint density at radius 2 is 2.22 bits per heavy atom. The first kappa shape index (κ1) is 11.8. The van der Waals surface area contributed by atoms with Crippen molar-refractivity contribution in [3.8, 4) is 10.7 Å². The summed E-state index contributed by atoms with van der Waals surface area (Å²) >= 11 is 1.63. The van der Waals surface area contributed by atoms with Gasteiger partial charge in [0, 0.05) is 12.6 Å². The number of aryl methyl sites for hydroxylation is 1. The van der Waals surface area contributed by atoms with E-state index in [0.29, 0.717) is 12.6 Å². The van der Waals surface area contributed by atoms with Crippen molar-refractivity contribution in [3.63, 3.8) is 0 Å². The van der Waals surface area contributed by atoms with Crippen LogP contribution >= 0.6 is 11.3 Å². The molecular weight excluding hydrogens is 246 g/mol. The van der Waals surface area contributed by atoms with Crippen LogP contribution in [-0.2, 0) is 6.54 Å². The number of thiazole rings is 1. The zero-order chi connectivity index (χ0) is 12.5. The Labute approximate surface area is 110 Å². The molecule has 1 saturated carbocycles. The third-order valence-electron chi connectivity index (χ3n) is 3.51.